The first kappa shape index (κ1) is 23.7. The first-order valence-corrected chi connectivity index (χ1v) is 10.9. The first-order valence-electron chi connectivity index (χ1n) is 10.9. The van der Waals surface area contributed by atoms with E-state index < -0.39 is 0 Å². The van der Waals surface area contributed by atoms with Gasteiger partial charge in [0.05, 0.1) is 5.52 Å². The van der Waals surface area contributed by atoms with Gasteiger partial charge in [0.15, 0.2) is 12.4 Å². The number of phenols is 1. The van der Waals surface area contributed by atoms with Gasteiger partial charge in [0.2, 0.25) is 0 Å². The molecule has 0 aliphatic carbocycles. The van der Waals surface area contributed by atoms with Crippen LogP contribution >= 0.6 is 0 Å². The van der Waals surface area contributed by atoms with E-state index in [9.17, 15) is 9.90 Å². The average Bonchev–Trinajstić information content (AvgIpc) is 3.06. The number of phenolic OH excluding ortho intramolecular Hbond substituents is 1. The van der Waals surface area contributed by atoms with E-state index in [2.05, 4.69) is 59.1 Å². The molecule has 0 saturated carbocycles. The molecule has 0 aliphatic heterocycles. The maximum absolute atomic E-state index is 11.2. The SMILES string of the molecule is CNC(=O)NCCCCC[n+]1ccc2c(C)c3c(c(C)c2c1)c1cc(O)ccc1n3C.[Cl-]. The highest BCUT2D eigenvalue weighted by molar-refractivity contribution is 6.17. The first-order chi connectivity index (χ1) is 14.9. The molecular weight excluding hydrogens is 424 g/mol. The van der Waals surface area contributed by atoms with Gasteiger partial charge in [-0.1, -0.05) is 0 Å². The predicted molar refractivity (Wildman–Crippen MR) is 126 cm³/mol. The Bertz CT molecular complexity index is 1300. The van der Waals surface area contributed by atoms with E-state index in [4.69, 9.17) is 0 Å². The summed E-state index contributed by atoms with van der Waals surface area (Å²) in [6.07, 6.45) is 7.52. The number of aromatic hydroxyl groups is 1. The summed E-state index contributed by atoms with van der Waals surface area (Å²) in [6.45, 7) is 6.02. The van der Waals surface area contributed by atoms with E-state index in [-0.39, 0.29) is 18.4 Å². The van der Waals surface area contributed by atoms with Gasteiger partial charge in [0, 0.05) is 54.8 Å². The number of aryl methyl sites for hydroxylation is 4. The molecule has 4 rings (SSSR count). The highest BCUT2D eigenvalue weighted by Crippen LogP contribution is 2.38. The lowest BCUT2D eigenvalue weighted by molar-refractivity contribution is -0.696. The Morgan fingerprint density at radius 3 is 2.59 bits per heavy atom. The van der Waals surface area contributed by atoms with Gasteiger partial charge in [-0.05, 0) is 61.4 Å². The van der Waals surface area contributed by atoms with Gasteiger partial charge in [-0.15, -0.1) is 0 Å². The lowest BCUT2D eigenvalue weighted by Gasteiger charge is -2.10. The van der Waals surface area contributed by atoms with Gasteiger partial charge in [-0.25, -0.2) is 9.36 Å². The van der Waals surface area contributed by atoms with E-state index in [1.165, 1.54) is 32.8 Å². The number of urea groups is 1. The number of hydrogen-bond acceptors (Lipinski definition) is 2. The Kier molecular flexibility index (Phi) is 7.14. The molecule has 2 aromatic carbocycles. The normalized spacial score (nSPS) is 11.1. The number of halogens is 1. The monoisotopic (exact) mass is 454 g/mol. The second kappa shape index (κ2) is 9.65. The number of carbonyl (C=O) groups is 1. The zero-order valence-corrected chi connectivity index (χ0v) is 19.9. The lowest BCUT2D eigenvalue weighted by Crippen LogP contribution is -3.00. The minimum atomic E-state index is -0.122. The standard InChI is InChI=1S/C25H30N4O2.ClH/c1-16-21-15-29(12-7-5-6-11-27-25(31)26-3)13-10-19(21)17(2)24-23(16)20-14-18(30)8-9-22(20)28(24)4;/h8-10,13-15H,5-7,11-12H2,1-4H3,(H2-,26,27,30,31);1H. The molecule has 0 unspecified atom stereocenters. The van der Waals surface area contributed by atoms with Crippen molar-refractivity contribution in [1.82, 2.24) is 15.2 Å². The largest absolute Gasteiger partial charge is 1.00 e. The molecular formula is C25H31ClN4O2. The second-order valence-corrected chi connectivity index (χ2v) is 8.31. The van der Waals surface area contributed by atoms with Crippen LogP contribution in [0.1, 0.15) is 30.4 Å². The van der Waals surface area contributed by atoms with Crippen molar-refractivity contribution in [3.8, 4) is 5.75 Å². The molecule has 2 amide bonds. The van der Waals surface area contributed by atoms with Crippen LogP contribution in [0, 0.1) is 13.8 Å². The Labute approximate surface area is 194 Å². The molecule has 170 valence electrons. The Morgan fingerprint density at radius 1 is 1.06 bits per heavy atom. The third-order valence-corrected chi connectivity index (χ3v) is 6.34. The summed E-state index contributed by atoms with van der Waals surface area (Å²) in [6, 6.07) is 7.72. The van der Waals surface area contributed by atoms with E-state index in [0.29, 0.717) is 12.3 Å². The van der Waals surface area contributed by atoms with Crippen molar-refractivity contribution < 1.29 is 26.9 Å². The average molecular weight is 455 g/mol. The maximum atomic E-state index is 11.2. The maximum Gasteiger partial charge on any atom is 0.314 e. The number of rotatable bonds is 6. The van der Waals surface area contributed by atoms with Crippen LogP contribution < -0.4 is 27.6 Å². The third-order valence-electron chi connectivity index (χ3n) is 6.34. The van der Waals surface area contributed by atoms with Crippen molar-refractivity contribution in [2.24, 2.45) is 7.05 Å². The number of nitrogens with one attached hydrogen (secondary N) is 2. The molecule has 0 spiro atoms. The molecule has 0 bridgehead atoms. The van der Waals surface area contributed by atoms with Crippen LogP contribution in [0.25, 0.3) is 32.6 Å². The number of nitrogens with zero attached hydrogens (tertiary/aromatic N) is 2. The molecule has 32 heavy (non-hydrogen) atoms. The second-order valence-electron chi connectivity index (χ2n) is 8.31. The fourth-order valence-corrected chi connectivity index (χ4v) is 4.70. The van der Waals surface area contributed by atoms with Gasteiger partial charge < -0.3 is 32.7 Å². The number of fused-ring (bicyclic) bond motifs is 4. The molecule has 4 aromatic rings. The van der Waals surface area contributed by atoms with Crippen molar-refractivity contribution in [3.63, 3.8) is 0 Å². The van der Waals surface area contributed by atoms with E-state index in [1.807, 2.05) is 12.1 Å². The highest BCUT2D eigenvalue weighted by Gasteiger charge is 2.18. The lowest BCUT2D eigenvalue weighted by atomic mass is 9.97. The molecule has 0 saturated heterocycles. The van der Waals surface area contributed by atoms with Gasteiger partial charge in [-0.3, -0.25) is 0 Å². The molecule has 0 radical (unpaired) electrons. The summed E-state index contributed by atoms with van der Waals surface area (Å²) < 4.78 is 4.50. The van der Waals surface area contributed by atoms with E-state index in [1.54, 1.807) is 13.1 Å². The van der Waals surface area contributed by atoms with Gasteiger partial charge in [-0.2, -0.15) is 0 Å². The molecule has 6 nitrogen and oxygen atoms in total. The summed E-state index contributed by atoms with van der Waals surface area (Å²) in [5.74, 6) is 0.297. The molecule has 2 aromatic heterocycles. The summed E-state index contributed by atoms with van der Waals surface area (Å²) in [5.41, 5.74) is 4.87. The number of unbranched alkanes of at least 4 members (excludes halogenated alkanes) is 2. The fraction of sp³-hybridized carbons (Fsp3) is 0.360. The van der Waals surface area contributed by atoms with Crippen LogP contribution in [0.2, 0.25) is 0 Å². The summed E-state index contributed by atoms with van der Waals surface area (Å²) in [7, 11) is 3.73. The number of benzene rings is 2. The van der Waals surface area contributed by atoms with Crippen LogP contribution in [0.5, 0.6) is 5.75 Å². The van der Waals surface area contributed by atoms with Crippen LogP contribution in [-0.4, -0.2) is 29.3 Å². The van der Waals surface area contributed by atoms with Crippen molar-refractivity contribution in [1.29, 1.82) is 0 Å². The van der Waals surface area contributed by atoms with E-state index >= 15 is 0 Å². The number of pyridine rings is 1. The van der Waals surface area contributed by atoms with Crippen LogP contribution in [-0.2, 0) is 13.6 Å². The van der Waals surface area contributed by atoms with Gasteiger partial charge >= 0.3 is 6.03 Å². The van der Waals surface area contributed by atoms with Crippen molar-refractivity contribution in [2.45, 2.75) is 39.7 Å². The van der Waals surface area contributed by atoms with Crippen LogP contribution in [0.3, 0.4) is 0 Å². The van der Waals surface area contributed by atoms with Crippen molar-refractivity contribution in [3.05, 3.63) is 47.8 Å². The van der Waals surface area contributed by atoms with Crippen LogP contribution in [0.15, 0.2) is 36.7 Å². The molecule has 3 N–H and O–H groups in total. The smallest absolute Gasteiger partial charge is 0.314 e. The molecule has 2 heterocycles. The van der Waals surface area contributed by atoms with Gasteiger partial charge in [0.1, 0.15) is 12.3 Å². The Hall–Kier alpha value is -2.99. The molecule has 0 fully saturated rings. The number of hydrogen-bond donors (Lipinski definition) is 3. The third kappa shape index (κ3) is 4.19. The van der Waals surface area contributed by atoms with Crippen LogP contribution in [0.4, 0.5) is 4.79 Å². The topological polar surface area (TPSA) is 70.2 Å². The predicted octanol–water partition coefficient (Wildman–Crippen LogP) is 1.20. The Morgan fingerprint density at radius 2 is 1.84 bits per heavy atom. The fourth-order valence-electron chi connectivity index (χ4n) is 4.70. The zero-order chi connectivity index (χ0) is 22.1. The Balaban J connectivity index is 0.00000289. The van der Waals surface area contributed by atoms with Gasteiger partial charge in [0.25, 0.3) is 0 Å². The molecule has 7 heteroatoms. The van der Waals surface area contributed by atoms with E-state index in [0.717, 1.165) is 36.7 Å². The minimum absolute atomic E-state index is 0. The summed E-state index contributed by atoms with van der Waals surface area (Å²) in [4.78, 5) is 11.2. The summed E-state index contributed by atoms with van der Waals surface area (Å²) >= 11 is 0. The minimum Gasteiger partial charge on any atom is -1.00 e. The number of aromatic nitrogens is 2. The van der Waals surface area contributed by atoms with Crippen molar-refractivity contribution >= 4 is 38.6 Å². The molecule has 0 atom stereocenters. The quantitative estimate of drug-likeness (QED) is 0.302. The molecule has 0 aliphatic rings. The van der Waals surface area contributed by atoms with Crippen molar-refractivity contribution in [2.75, 3.05) is 13.6 Å². The number of carbonyl (C=O) groups excluding carboxylic acids is 1. The zero-order valence-electron chi connectivity index (χ0n) is 19.1. The number of amides is 2. The highest BCUT2D eigenvalue weighted by atomic mass is 35.5. The summed E-state index contributed by atoms with van der Waals surface area (Å²) in [5, 5.41) is 20.3.